The minimum atomic E-state index is -0.224. The zero-order chi connectivity index (χ0) is 18.1. The maximum atomic E-state index is 13.2. The lowest BCUT2D eigenvalue weighted by atomic mass is 10.2. The molecule has 6 heteroatoms. The van der Waals surface area contributed by atoms with Gasteiger partial charge in [0.2, 0.25) is 0 Å². The van der Waals surface area contributed by atoms with E-state index in [0.717, 1.165) is 18.7 Å². The molecule has 1 atom stereocenters. The van der Waals surface area contributed by atoms with Crippen LogP contribution < -0.4 is 10.6 Å². The van der Waals surface area contributed by atoms with Gasteiger partial charge in [0.25, 0.3) is 0 Å². The van der Waals surface area contributed by atoms with Crippen molar-refractivity contribution in [3.8, 4) is 0 Å². The molecule has 0 amide bonds. The summed E-state index contributed by atoms with van der Waals surface area (Å²) in [6, 6.07) is 17.3. The van der Waals surface area contributed by atoms with E-state index in [9.17, 15) is 4.39 Å². The first-order valence-electron chi connectivity index (χ1n) is 8.51. The average Bonchev–Trinajstić information content (AvgIpc) is 2.62. The van der Waals surface area contributed by atoms with Crippen LogP contribution >= 0.6 is 24.0 Å². The van der Waals surface area contributed by atoms with Gasteiger partial charge in [-0.25, -0.2) is 4.39 Å². The van der Waals surface area contributed by atoms with E-state index in [-0.39, 0.29) is 29.8 Å². The van der Waals surface area contributed by atoms with Gasteiger partial charge in [-0.3, -0.25) is 9.89 Å². The second-order valence-corrected chi connectivity index (χ2v) is 6.19. The third kappa shape index (κ3) is 7.70. The smallest absolute Gasteiger partial charge is 0.191 e. The lowest BCUT2D eigenvalue weighted by Crippen LogP contribution is -2.44. The zero-order valence-electron chi connectivity index (χ0n) is 15.6. The van der Waals surface area contributed by atoms with Crippen molar-refractivity contribution in [3.63, 3.8) is 0 Å². The maximum Gasteiger partial charge on any atom is 0.191 e. The molecule has 0 spiro atoms. The fourth-order valence-electron chi connectivity index (χ4n) is 2.48. The molecule has 0 saturated heterocycles. The number of nitrogens with zero attached hydrogens (tertiary/aromatic N) is 2. The molecular weight excluding hydrogens is 442 g/mol. The lowest BCUT2D eigenvalue weighted by molar-refractivity contribution is 0.249. The summed E-state index contributed by atoms with van der Waals surface area (Å²) in [7, 11) is 3.85. The Labute approximate surface area is 172 Å². The molecule has 4 nitrogen and oxygen atoms in total. The third-order valence-corrected chi connectivity index (χ3v) is 4.16. The van der Waals surface area contributed by atoms with Gasteiger partial charge in [-0.2, -0.15) is 0 Å². The molecule has 0 fully saturated rings. The van der Waals surface area contributed by atoms with Gasteiger partial charge >= 0.3 is 0 Å². The zero-order valence-corrected chi connectivity index (χ0v) is 17.9. The molecule has 26 heavy (non-hydrogen) atoms. The molecular formula is C20H28FIN4. The fourth-order valence-corrected chi connectivity index (χ4v) is 2.48. The number of rotatable bonds is 7. The molecule has 0 aliphatic heterocycles. The Hall–Kier alpha value is -1.67. The van der Waals surface area contributed by atoms with Crippen LogP contribution in [0, 0.1) is 5.82 Å². The second kappa shape index (κ2) is 11.9. The van der Waals surface area contributed by atoms with Crippen molar-refractivity contribution in [3.05, 3.63) is 71.5 Å². The number of halogens is 2. The fraction of sp³-hybridized carbons (Fsp3) is 0.350. The first-order chi connectivity index (χ1) is 12.1. The van der Waals surface area contributed by atoms with Gasteiger partial charge in [0.15, 0.2) is 5.96 Å². The molecule has 2 aromatic carbocycles. The van der Waals surface area contributed by atoms with Crippen LogP contribution in [0.25, 0.3) is 0 Å². The standard InChI is InChI=1S/C20H27FN4.HI/c1-16(25(3)15-17-8-5-4-6-9-17)13-23-20(22-2)24-14-18-10-7-11-19(21)12-18;/h4-12,16H,13-15H2,1-3H3,(H2,22,23,24);1H. The quantitative estimate of drug-likeness (QED) is 0.369. The summed E-state index contributed by atoms with van der Waals surface area (Å²) in [4.78, 5) is 6.52. The summed E-state index contributed by atoms with van der Waals surface area (Å²) in [6.07, 6.45) is 0. The maximum absolute atomic E-state index is 13.2. The number of benzene rings is 2. The molecule has 2 aromatic rings. The predicted octanol–water partition coefficient (Wildman–Crippen LogP) is 3.63. The minimum Gasteiger partial charge on any atom is -0.355 e. The summed E-state index contributed by atoms with van der Waals surface area (Å²) in [6.45, 7) is 4.38. The Bertz CT molecular complexity index is 679. The van der Waals surface area contributed by atoms with E-state index in [1.807, 2.05) is 12.1 Å². The van der Waals surface area contributed by atoms with Crippen molar-refractivity contribution in [1.82, 2.24) is 15.5 Å². The number of guanidine groups is 1. The topological polar surface area (TPSA) is 39.7 Å². The Balaban J connectivity index is 0.00000338. The van der Waals surface area contributed by atoms with Crippen molar-refractivity contribution in [2.75, 3.05) is 20.6 Å². The molecule has 0 radical (unpaired) electrons. The molecule has 0 saturated carbocycles. The van der Waals surface area contributed by atoms with E-state index in [1.54, 1.807) is 13.1 Å². The van der Waals surface area contributed by atoms with Crippen LogP contribution in [-0.2, 0) is 13.1 Å². The molecule has 2 N–H and O–H groups in total. The van der Waals surface area contributed by atoms with Crippen molar-refractivity contribution in [1.29, 1.82) is 0 Å². The van der Waals surface area contributed by atoms with Crippen LogP contribution in [0.5, 0.6) is 0 Å². The van der Waals surface area contributed by atoms with Gasteiger partial charge < -0.3 is 10.6 Å². The summed E-state index contributed by atoms with van der Waals surface area (Å²) in [5.41, 5.74) is 2.18. The summed E-state index contributed by atoms with van der Waals surface area (Å²) < 4.78 is 13.2. The van der Waals surface area contributed by atoms with E-state index < -0.39 is 0 Å². The van der Waals surface area contributed by atoms with E-state index >= 15 is 0 Å². The SMILES string of the molecule is CN=C(NCc1cccc(F)c1)NCC(C)N(C)Cc1ccccc1.I. The van der Waals surface area contributed by atoms with Gasteiger partial charge in [-0.15, -0.1) is 24.0 Å². The first-order valence-corrected chi connectivity index (χ1v) is 8.51. The molecule has 0 aliphatic rings. The van der Waals surface area contributed by atoms with Crippen LogP contribution in [0.2, 0.25) is 0 Å². The number of nitrogens with one attached hydrogen (secondary N) is 2. The van der Waals surface area contributed by atoms with E-state index in [4.69, 9.17) is 0 Å². The third-order valence-electron chi connectivity index (χ3n) is 4.16. The predicted molar refractivity (Wildman–Crippen MR) is 117 cm³/mol. The first kappa shape index (κ1) is 22.4. The number of aliphatic imine (C=N–C) groups is 1. The summed E-state index contributed by atoms with van der Waals surface area (Å²) in [5.74, 6) is 0.489. The van der Waals surface area contributed by atoms with Crippen LogP contribution in [0.4, 0.5) is 4.39 Å². The van der Waals surface area contributed by atoms with Crippen molar-refractivity contribution >= 4 is 29.9 Å². The molecule has 2 rings (SSSR count). The van der Waals surface area contributed by atoms with Crippen LogP contribution in [0.15, 0.2) is 59.6 Å². The highest BCUT2D eigenvalue weighted by atomic mass is 127. The monoisotopic (exact) mass is 470 g/mol. The molecule has 0 aliphatic carbocycles. The Kier molecular flexibility index (Phi) is 10.2. The molecule has 0 heterocycles. The number of hydrogen-bond acceptors (Lipinski definition) is 2. The minimum absolute atomic E-state index is 0. The van der Waals surface area contributed by atoms with Gasteiger partial charge in [0.05, 0.1) is 0 Å². The molecule has 0 aromatic heterocycles. The van der Waals surface area contributed by atoms with E-state index in [0.29, 0.717) is 18.5 Å². The van der Waals surface area contributed by atoms with Crippen molar-refractivity contribution in [2.24, 2.45) is 4.99 Å². The summed E-state index contributed by atoms with van der Waals surface area (Å²) in [5, 5.41) is 6.53. The Morgan fingerprint density at radius 1 is 1.08 bits per heavy atom. The number of hydrogen-bond donors (Lipinski definition) is 2. The van der Waals surface area contributed by atoms with Gasteiger partial charge in [-0.1, -0.05) is 42.5 Å². The van der Waals surface area contributed by atoms with E-state index in [1.165, 1.54) is 17.7 Å². The highest BCUT2D eigenvalue weighted by molar-refractivity contribution is 14.0. The normalized spacial score (nSPS) is 12.4. The van der Waals surface area contributed by atoms with Crippen LogP contribution in [-0.4, -0.2) is 37.5 Å². The van der Waals surface area contributed by atoms with E-state index in [2.05, 4.69) is 58.8 Å². The van der Waals surface area contributed by atoms with Gasteiger partial charge in [0.1, 0.15) is 5.82 Å². The van der Waals surface area contributed by atoms with Crippen molar-refractivity contribution in [2.45, 2.75) is 26.1 Å². The molecule has 142 valence electrons. The van der Waals surface area contributed by atoms with Crippen molar-refractivity contribution < 1.29 is 4.39 Å². The highest BCUT2D eigenvalue weighted by Gasteiger charge is 2.10. The Morgan fingerprint density at radius 2 is 1.77 bits per heavy atom. The molecule has 1 unspecified atom stereocenters. The Morgan fingerprint density at radius 3 is 2.42 bits per heavy atom. The second-order valence-electron chi connectivity index (χ2n) is 6.19. The number of likely N-dealkylation sites (N-methyl/N-ethyl adjacent to an activating group) is 1. The highest BCUT2D eigenvalue weighted by Crippen LogP contribution is 2.05. The van der Waals surface area contributed by atoms with Crippen LogP contribution in [0.1, 0.15) is 18.1 Å². The lowest BCUT2D eigenvalue weighted by Gasteiger charge is -2.25. The largest absolute Gasteiger partial charge is 0.355 e. The average molecular weight is 470 g/mol. The van der Waals surface area contributed by atoms with Gasteiger partial charge in [0, 0.05) is 32.7 Å². The van der Waals surface area contributed by atoms with Crippen LogP contribution in [0.3, 0.4) is 0 Å². The summed E-state index contributed by atoms with van der Waals surface area (Å²) >= 11 is 0. The van der Waals surface area contributed by atoms with Gasteiger partial charge in [-0.05, 0) is 37.2 Å². The molecule has 0 bridgehead atoms.